The smallest absolute Gasteiger partial charge is 0.260 e. The van der Waals surface area contributed by atoms with E-state index in [1.165, 1.54) is 6.20 Å². The maximum absolute atomic E-state index is 12.0. The number of H-pyrrole nitrogens is 1. The summed E-state index contributed by atoms with van der Waals surface area (Å²) in [5.41, 5.74) is -0.123. The molecular formula is C11H15N3O2. The van der Waals surface area contributed by atoms with Gasteiger partial charge in [-0.15, -0.1) is 0 Å². The van der Waals surface area contributed by atoms with Crippen molar-refractivity contribution >= 4 is 5.91 Å². The monoisotopic (exact) mass is 221 g/mol. The van der Waals surface area contributed by atoms with Crippen LogP contribution >= 0.6 is 0 Å². The summed E-state index contributed by atoms with van der Waals surface area (Å²) in [5.74, 6) is -0.212. The molecule has 86 valence electrons. The Morgan fingerprint density at radius 1 is 1.56 bits per heavy atom. The molecule has 1 aliphatic heterocycles. The normalized spacial score (nSPS) is 19.7. The van der Waals surface area contributed by atoms with E-state index in [0.717, 1.165) is 19.5 Å². The zero-order valence-electron chi connectivity index (χ0n) is 9.19. The van der Waals surface area contributed by atoms with Crippen LogP contribution in [0.3, 0.4) is 0 Å². The molecule has 1 saturated heterocycles. The second-order valence-electron chi connectivity index (χ2n) is 3.98. The van der Waals surface area contributed by atoms with Crippen LogP contribution in [0.1, 0.15) is 16.8 Å². The van der Waals surface area contributed by atoms with Crippen molar-refractivity contribution in [2.45, 2.75) is 12.5 Å². The highest BCUT2D eigenvalue weighted by molar-refractivity contribution is 5.93. The van der Waals surface area contributed by atoms with Gasteiger partial charge >= 0.3 is 0 Å². The van der Waals surface area contributed by atoms with E-state index >= 15 is 0 Å². The van der Waals surface area contributed by atoms with Gasteiger partial charge in [0.25, 0.3) is 11.5 Å². The first kappa shape index (κ1) is 10.9. The highest BCUT2D eigenvalue weighted by atomic mass is 16.2. The van der Waals surface area contributed by atoms with E-state index in [4.69, 9.17) is 0 Å². The van der Waals surface area contributed by atoms with Crippen LogP contribution in [0.15, 0.2) is 23.1 Å². The van der Waals surface area contributed by atoms with Crippen molar-refractivity contribution in [1.82, 2.24) is 15.2 Å². The molecule has 0 aliphatic carbocycles. The Kier molecular flexibility index (Phi) is 3.05. The molecule has 2 rings (SSSR count). The molecule has 1 aromatic heterocycles. The molecule has 5 heteroatoms. The molecule has 1 aliphatic rings. The van der Waals surface area contributed by atoms with Crippen LogP contribution in [0.4, 0.5) is 0 Å². The van der Waals surface area contributed by atoms with Gasteiger partial charge < -0.3 is 15.2 Å². The maximum Gasteiger partial charge on any atom is 0.260 e. The summed E-state index contributed by atoms with van der Waals surface area (Å²) in [6.45, 7) is 1.72. The molecule has 5 nitrogen and oxygen atoms in total. The third-order valence-corrected chi connectivity index (χ3v) is 2.95. The first-order valence-corrected chi connectivity index (χ1v) is 5.35. The largest absolute Gasteiger partial charge is 0.337 e. The van der Waals surface area contributed by atoms with Crippen LogP contribution in [0.5, 0.6) is 0 Å². The molecule has 0 bridgehead atoms. The third kappa shape index (κ3) is 1.99. The van der Waals surface area contributed by atoms with Gasteiger partial charge in [-0.05, 0) is 25.1 Å². The lowest BCUT2D eigenvalue weighted by Gasteiger charge is -2.23. The number of hydrogen-bond donors (Lipinski definition) is 2. The Hall–Kier alpha value is -1.62. The Labute approximate surface area is 93.5 Å². The van der Waals surface area contributed by atoms with E-state index in [0.29, 0.717) is 0 Å². The molecule has 0 spiro atoms. The minimum atomic E-state index is -0.328. The molecule has 0 aromatic carbocycles. The van der Waals surface area contributed by atoms with E-state index in [9.17, 15) is 9.59 Å². The molecule has 16 heavy (non-hydrogen) atoms. The van der Waals surface area contributed by atoms with Crippen molar-refractivity contribution in [3.05, 3.63) is 34.2 Å². The van der Waals surface area contributed by atoms with Crippen LogP contribution in [0, 0.1) is 0 Å². The second kappa shape index (κ2) is 4.49. The van der Waals surface area contributed by atoms with Gasteiger partial charge in [0, 0.05) is 25.8 Å². The maximum atomic E-state index is 12.0. The van der Waals surface area contributed by atoms with Crippen molar-refractivity contribution in [3.63, 3.8) is 0 Å². The lowest BCUT2D eigenvalue weighted by molar-refractivity contribution is 0.0742. The molecule has 0 saturated carbocycles. The number of nitrogens with zero attached hydrogens (tertiary/aromatic N) is 1. The standard InChI is InChI=1S/C11H15N3O2/c1-14(8-4-6-12-7-8)11(16)9-3-2-5-13-10(9)15/h2-3,5,8,12H,4,6-7H2,1H3,(H,13,15). The summed E-state index contributed by atoms with van der Waals surface area (Å²) in [4.78, 5) is 27.6. The minimum absolute atomic E-state index is 0.187. The van der Waals surface area contributed by atoms with Gasteiger partial charge in [0.05, 0.1) is 0 Å². The number of rotatable bonds is 2. The number of pyridine rings is 1. The lowest BCUT2D eigenvalue weighted by atomic mass is 10.2. The molecular weight excluding hydrogens is 206 g/mol. The number of amides is 1. The van der Waals surface area contributed by atoms with Crippen molar-refractivity contribution in [1.29, 1.82) is 0 Å². The first-order chi connectivity index (χ1) is 7.70. The Morgan fingerprint density at radius 3 is 3.00 bits per heavy atom. The van der Waals surface area contributed by atoms with E-state index in [1.54, 1.807) is 24.1 Å². The van der Waals surface area contributed by atoms with Gasteiger partial charge in [-0.2, -0.15) is 0 Å². The van der Waals surface area contributed by atoms with Gasteiger partial charge in [0.2, 0.25) is 0 Å². The number of likely N-dealkylation sites (N-methyl/N-ethyl adjacent to an activating group) is 1. The fourth-order valence-electron chi connectivity index (χ4n) is 1.92. The highest BCUT2D eigenvalue weighted by Crippen LogP contribution is 2.08. The molecule has 1 unspecified atom stereocenters. The van der Waals surface area contributed by atoms with E-state index in [-0.39, 0.29) is 23.1 Å². The van der Waals surface area contributed by atoms with Gasteiger partial charge in [0.15, 0.2) is 0 Å². The Balaban J connectivity index is 2.18. The number of carbonyl (C=O) groups excluding carboxylic acids is 1. The van der Waals surface area contributed by atoms with E-state index in [2.05, 4.69) is 10.3 Å². The van der Waals surface area contributed by atoms with Crippen molar-refractivity contribution in [2.24, 2.45) is 0 Å². The summed E-state index contributed by atoms with van der Waals surface area (Å²) in [7, 11) is 1.74. The lowest BCUT2D eigenvalue weighted by Crippen LogP contribution is -2.40. The number of hydrogen-bond acceptors (Lipinski definition) is 3. The number of nitrogens with one attached hydrogen (secondary N) is 2. The number of aromatic nitrogens is 1. The number of aromatic amines is 1. The average Bonchev–Trinajstić information content (AvgIpc) is 2.81. The predicted octanol–water partition coefficient (Wildman–Crippen LogP) is -0.191. The SMILES string of the molecule is CN(C(=O)c1ccc[nH]c1=O)C1CCNC1. The topological polar surface area (TPSA) is 65.2 Å². The zero-order valence-corrected chi connectivity index (χ0v) is 9.19. The first-order valence-electron chi connectivity index (χ1n) is 5.35. The molecule has 2 heterocycles. The summed E-state index contributed by atoms with van der Waals surface area (Å²) in [6, 6.07) is 3.40. The molecule has 2 N–H and O–H groups in total. The minimum Gasteiger partial charge on any atom is -0.337 e. The predicted molar refractivity (Wildman–Crippen MR) is 60.4 cm³/mol. The quantitative estimate of drug-likeness (QED) is 0.727. The van der Waals surface area contributed by atoms with Crippen LogP contribution in [0.25, 0.3) is 0 Å². The van der Waals surface area contributed by atoms with Gasteiger partial charge in [-0.25, -0.2) is 0 Å². The molecule has 1 aromatic rings. The molecule has 1 fully saturated rings. The van der Waals surface area contributed by atoms with Crippen LogP contribution in [0.2, 0.25) is 0 Å². The average molecular weight is 221 g/mol. The Bertz CT molecular complexity index is 435. The fraction of sp³-hybridized carbons (Fsp3) is 0.455. The van der Waals surface area contributed by atoms with Gasteiger partial charge in [-0.3, -0.25) is 9.59 Å². The van der Waals surface area contributed by atoms with Crippen LogP contribution < -0.4 is 10.9 Å². The molecule has 1 amide bonds. The molecule has 0 radical (unpaired) electrons. The van der Waals surface area contributed by atoms with Crippen molar-refractivity contribution in [2.75, 3.05) is 20.1 Å². The van der Waals surface area contributed by atoms with E-state index in [1.807, 2.05) is 0 Å². The number of carbonyl (C=O) groups is 1. The third-order valence-electron chi connectivity index (χ3n) is 2.95. The summed E-state index contributed by atoms with van der Waals surface area (Å²) < 4.78 is 0. The van der Waals surface area contributed by atoms with Crippen LogP contribution in [-0.4, -0.2) is 42.0 Å². The van der Waals surface area contributed by atoms with Crippen molar-refractivity contribution < 1.29 is 4.79 Å². The molecule has 1 atom stereocenters. The highest BCUT2D eigenvalue weighted by Gasteiger charge is 2.25. The van der Waals surface area contributed by atoms with Gasteiger partial charge in [0.1, 0.15) is 5.56 Å². The van der Waals surface area contributed by atoms with Crippen molar-refractivity contribution in [3.8, 4) is 0 Å². The summed E-state index contributed by atoms with van der Waals surface area (Å²) in [6.07, 6.45) is 2.46. The Morgan fingerprint density at radius 2 is 2.38 bits per heavy atom. The summed E-state index contributed by atoms with van der Waals surface area (Å²) >= 11 is 0. The fourth-order valence-corrected chi connectivity index (χ4v) is 1.92. The zero-order chi connectivity index (χ0) is 11.5. The second-order valence-corrected chi connectivity index (χ2v) is 3.98. The van der Waals surface area contributed by atoms with Crippen LogP contribution in [-0.2, 0) is 0 Å². The van der Waals surface area contributed by atoms with E-state index < -0.39 is 0 Å². The summed E-state index contributed by atoms with van der Waals surface area (Å²) in [5, 5.41) is 3.19. The van der Waals surface area contributed by atoms with Gasteiger partial charge in [-0.1, -0.05) is 0 Å².